The molecule has 2 aromatic rings. The summed E-state index contributed by atoms with van der Waals surface area (Å²) in [5, 5.41) is 0.815. The lowest BCUT2D eigenvalue weighted by molar-refractivity contribution is -0.111. The Morgan fingerprint density at radius 2 is 1.60 bits per heavy atom. The summed E-state index contributed by atoms with van der Waals surface area (Å²) in [6, 6.07) is 14.8. The molecule has 2 N–H and O–H groups in total. The van der Waals surface area contributed by atoms with Crippen molar-refractivity contribution >= 4 is 40.0 Å². The standard InChI is InChI=1S/C8H7ClO.C7H7Cl2N/c9-8(10)6-7-4-2-1-3-5-7;8-6-2-1-5(4-10)3-7(6)9/h1-5H,6H2;1-3H,4,10H2. The molecule has 2 rings (SSSR count). The highest BCUT2D eigenvalue weighted by Gasteiger charge is 1.96. The quantitative estimate of drug-likeness (QED) is 0.845. The van der Waals surface area contributed by atoms with Crippen molar-refractivity contribution in [3.8, 4) is 0 Å². The maximum absolute atomic E-state index is 10.4. The van der Waals surface area contributed by atoms with Crippen LogP contribution >= 0.6 is 34.8 Å². The van der Waals surface area contributed by atoms with Gasteiger partial charge in [0.05, 0.1) is 10.0 Å². The van der Waals surface area contributed by atoms with E-state index in [2.05, 4.69) is 0 Å². The summed E-state index contributed by atoms with van der Waals surface area (Å²) in [6.07, 6.45) is 0.322. The molecule has 0 radical (unpaired) electrons. The molecule has 0 aromatic heterocycles. The van der Waals surface area contributed by atoms with Crippen molar-refractivity contribution in [3.05, 3.63) is 69.7 Å². The molecule has 2 aromatic carbocycles. The fraction of sp³-hybridized carbons (Fsp3) is 0.133. The monoisotopic (exact) mass is 329 g/mol. The van der Waals surface area contributed by atoms with Gasteiger partial charge in [0.25, 0.3) is 0 Å². The molecular formula is C15H14Cl3NO. The molecule has 0 heterocycles. The predicted molar refractivity (Wildman–Crippen MR) is 85.4 cm³/mol. The van der Waals surface area contributed by atoms with E-state index in [0.717, 1.165) is 11.1 Å². The number of carbonyl (C=O) groups excluding carboxylic acids is 1. The lowest BCUT2D eigenvalue weighted by Crippen LogP contribution is -1.95. The van der Waals surface area contributed by atoms with Crippen LogP contribution in [0, 0.1) is 0 Å². The van der Waals surface area contributed by atoms with Crippen LogP contribution < -0.4 is 5.73 Å². The van der Waals surface area contributed by atoms with Gasteiger partial charge in [0.1, 0.15) is 0 Å². The van der Waals surface area contributed by atoms with Crippen molar-refractivity contribution < 1.29 is 4.79 Å². The molecule has 0 aliphatic rings. The van der Waals surface area contributed by atoms with Crippen molar-refractivity contribution in [2.45, 2.75) is 13.0 Å². The van der Waals surface area contributed by atoms with Gasteiger partial charge in [-0.3, -0.25) is 4.79 Å². The van der Waals surface area contributed by atoms with Crippen molar-refractivity contribution in [3.63, 3.8) is 0 Å². The van der Waals surface area contributed by atoms with E-state index in [9.17, 15) is 4.79 Å². The van der Waals surface area contributed by atoms with Crippen molar-refractivity contribution in [2.24, 2.45) is 5.73 Å². The summed E-state index contributed by atoms with van der Waals surface area (Å²) in [4.78, 5) is 10.4. The fourth-order valence-corrected chi connectivity index (χ4v) is 1.90. The van der Waals surface area contributed by atoms with Gasteiger partial charge in [0.2, 0.25) is 5.24 Å². The van der Waals surface area contributed by atoms with E-state index in [0.29, 0.717) is 23.0 Å². The van der Waals surface area contributed by atoms with Gasteiger partial charge in [-0.15, -0.1) is 0 Å². The van der Waals surface area contributed by atoms with Crippen LogP contribution in [-0.2, 0) is 17.8 Å². The Kier molecular flexibility index (Phi) is 7.63. The second-order valence-electron chi connectivity index (χ2n) is 3.97. The number of hydrogen-bond acceptors (Lipinski definition) is 2. The molecule has 0 fully saturated rings. The molecule has 0 amide bonds. The van der Waals surface area contributed by atoms with Gasteiger partial charge in [-0.25, -0.2) is 0 Å². The van der Waals surface area contributed by atoms with Crippen molar-refractivity contribution in [1.82, 2.24) is 0 Å². The Morgan fingerprint density at radius 3 is 2.10 bits per heavy atom. The van der Waals surface area contributed by atoms with E-state index >= 15 is 0 Å². The minimum absolute atomic E-state index is 0.314. The van der Waals surface area contributed by atoms with E-state index in [4.69, 9.17) is 40.5 Å². The van der Waals surface area contributed by atoms with Crippen molar-refractivity contribution in [2.75, 3.05) is 0 Å². The summed E-state index contributed by atoms with van der Waals surface area (Å²) >= 11 is 16.5. The zero-order valence-electron chi connectivity index (χ0n) is 10.7. The Balaban J connectivity index is 0.000000200. The molecule has 20 heavy (non-hydrogen) atoms. The molecule has 0 aliphatic carbocycles. The molecule has 0 saturated carbocycles. The molecule has 0 atom stereocenters. The number of carbonyl (C=O) groups is 1. The number of nitrogens with two attached hydrogens (primary N) is 1. The average Bonchev–Trinajstić information content (AvgIpc) is 2.43. The van der Waals surface area contributed by atoms with Gasteiger partial charge in [0, 0.05) is 13.0 Å². The summed E-state index contributed by atoms with van der Waals surface area (Å²) in [7, 11) is 0. The van der Waals surface area contributed by atoms with Crippen LogP contribution in [0.15, 0.2) is 48.5 Å². The van der Waals surface area contributed by atoms with Gasteiger partial charge in [-0.05, 0) is 34.9 Å². The minimum Gasteiger partial charge on any atom is -0.326 e. The van der Waals surface area contributed by atoms with Crippen LogP contribution in [0.25, 0.3) is 0 Å². The van der Waals surface area contributed by atoms with E-state index < -0.39 is 0 Å². The predicted octanol–water partition coefficient (Wildman–Crippen LogP) is 4.45. The van der Waals surface area contributed by atoms with Crippen LogP contribution in [-0.4, -0.2) is 5.24 Å². The second kappa shape index (κ2) is 8.98. The summed E-state index contributed by atoms with van der Waals surface area (Å²) in [6.45, 7) is 0.497. The van der Waals surface area contributed by atoms with Crippen LogP contribution in [0.1, 0.15) is 11.1 Å². The smallest absolute Gasteiger partial charge is 0.226 e. The van der Waals surface area contributed by atoms with Crippen LogP contribution in [0.3, 0.4) is 0 Å². The highest BCUT2D eigenvalue weighted by Crippen LogP contribution is 2.22. The van der Waals surface area contributed by atoms with Crippen LogP contribution in [0.4, 0.5) is 0 Å². The van der Waals surface area contributed by atoms with Crippen molar-refractivity contribution in [1.29, 1.82) is 0 Å². The first-order valence-corrected chi connectivity index (χ1v) is 7.02. The van der Waals surface area contributed by atoms with Crippen LogP contribution in [0.5, 0.6) is 0 Å². The first kappa shape index (κ1) is 17.0. The Hall–Kier alpha value is -1.06. The lowest BCUT2D eigenvalue weighted by Gasteiger charge is -1.97. The number of halogens is 3. The van der Waals surface area contributed by atoms with Gasteiger partial charge in [0.15, 0.2) is 0 Å². The van der Waals surface area contributed by atoms with Gasteiger partial charge in [-0.1, -0.05) is 59.6 Å². The SMILES string of the molecule is NCc1ccc(Cl)c(Cl)c1.O=C(Cl)Cc1ccccc1. The van der Waals surface area contributed by atoms with Gasteiger partial charge < -0.3 is 5.73 Å². The van der Waals surface area contributed by atoms with E-state index in [1.165, 1.54) is 0 Å². The number of rotatable bonds is 3. The molecular weight excluding hydrogens is 317 g/mol. The highest BCUT2D eigenvalue weighted by molar-refractivity contribution is 6.63. The maximum atomic E-state index is 10.4. The third kappa shape index (κ3) is 6.40. The van der Waals surface area contributed by atoms with E-state index in [1.807, 2.05) is 36.4 Å². The Morgan fingerprint density at radius 1 is 0.950 bits per heavy atom. The molecule has 5 heteroatoms. The molecule has 0 bridgehead atoms. The second-order valence-corrected chi connectivity index (χ2v) is 5.21. The summed E-state index contributed by atoms with van der Waals surface area (Å²) in [5.74, 6) is 0. The number of hydrogen-bond donors (Lipinski definition) is 1. The van der Waals surface area contributed by atoms with E-state index in [1.54, 1.807) is 12.1 Å². The Bertz CT molecular complexity index is 558. The molecule has 0 spiro atoms. The topological polar surface area (TPSA) is 43.1 Å². The number of benzene rings is 2. The largest absolute Gasteiger partial charge is 0.326 e. The molecule has 0 saturated heterocycles. The summed E-state index contributed by atoms with van der Waals surface area (Å²) in [5.41, 5.74) is 7.32. The minimum atomic E-state index is -0.314. The van der Waals surface area contributed by atoms with E-state index in [-0.39, 0.29) is 5.24 Å². The molecule has 2 nitrogen and oxygen atoms in total. The Labute approximate surface area is 133 Å². The normalized spacial score (nSPS) is 9.60. The average molecular weight is 331 g/mol. The molecule has 0 aliphatic heterocycles. The zero-order valence-corrected chi connectivity index (χ0v) is 12.9. The first-order chi connectivity index (χ1) is 9.52. The third-order valence-corrected chi connectivity index (χ3v) is 3.28. The van der Waals surface area contributed by atoms with Crippen LogP contribution in [0.2, 0.25) is 10.0 Å². The lowest BCUT2D eigenvalue weighted by atomic mass is 10.2. The fourth-order valence-electron chi connectivity index (χ4n) is 1.42. The maximum Gasteiger partial charge on any atom is 0.226 e. The van der Waals surface area contributed by atoms with Gasteiger partial charge >= 0.3 is 0 Å². The zero-order chi connectivity index (χ0) is 15.0. The first-order valence-electron chi connectivity index (χ1n) is 5.89. The molecule has 106 valence electrons. The summed E-state index contributed by atoms with van der Waals surface area (Å²) < 4.78 is 0. The van der Waals surface area contributed by atoms with Gasteiger partial charge in [-0.2, -0.15) is 0 Å². The molecule has 0 unspecified atom stereocenters. The third-order valence-electron chi connectivity index (χ3n) is 2.41. The highest BCUT2D eigenvalue weighted by atomic mass is 35.5.